The summed E-state index contributed by atoms with van der Waals surface area (Å²) in [5.74, 6) is -0.320. The number of allylic oxidation sites excluding steroid dienone is 1. The number of carbonyl (C=O) groups excluding carboxylic acids is 1. The number of anilines is 1. The Labute approximate surface area is 156 Å². The number of carbonyl (C=O) groups is 1. The van der Waals surface area contributed by atoms with Gasteiger partial charge in [0.15, 0.2) is 6.04 Å². The summed E-state index contributed by atoms with van der Waals surface area (Å²) in [4.78, 5) is 12.6. The van der Waals surface area contributed by atoms with Crippen molar-refractivity contribution in [3.63, 3.8) is 0 Å². The van der Waals surface area contributed by atoms with Gasteiger partial charge in [0, 0.05) is 6.08 Å². The molecular formula is C20H14N6O. The van der Waals surface area contributed by atoms with E-state index in [1.54, 1.807) is 61.5 Å². The Morgan fingerprint density at radius 1 is 1.19 bits per heavy atom. The zero-order valence-electron chi connectivity index (χ0n) is 14.4. The molecule has 0 radical (unpaired) electrons. The number of azo groups is 1. The van der Waals surface area contributed by atoms with E-state index >= 15 is 0 Å². The maximum absolute atomic E-state index is 12.6. The van der Waals surface area contributed by atoms with Crippen LogP contribution >= 0.6 is 0 Å². The molecular weight excluding hydrogens is 340 g/mol. The molecule has 0 aromatic heterocycles. The third kappa shape index (κ3) is 3.94. The van der Waals surface area contributed by atoms with Gasteiger partial charge in [-0.2, -0.15) is 30.9 Å². The fourth-order valence-electron chi connectivity index (χ4n) is 2.49. The van der Waals surface area contributed by atoms with Crippen LogP contribution < -0.4 is 5.01 Å². The molecule has 7 heteroatoms. The summed E-state index contributed by atoms with van der Waals surface area (Å²) in [6, 6.07) is 17.0. The molecule has 3 rings (SSSR count). The third-order valence-electron chi connectivity index (χ3n) is 3.85. The molecule has 0 aliphatic carbocycles. The number of hydrazone groups is 1. The normalized spacial score (nSPS) is 16.6. The lowest BCUT2D eigenvalue weighted by Crippen LogP contribution is -2.29. The van der Waals surface area contributed by atoms with Gasteiger partial charge in [-0.1, -0.05) is 18.2 Å². The summed E-state index contributed by atoms with van der Waals surface area (Å²) in [6.07, 6.45) is 3.08. The Bertz CT molecular complexity index is 1040. The van der Waals surface area contributed by atoms with Crippen LogP contribution in [0.25, 0.3) is 6.08 Å². The number of hydrogen-bond acceptors (Lipinski definition) is 6. The minimum atomic E-state index is -0.797. The van der Waals surface area contributed by atoms with Gasteiger partial charge < -0.3 is 0 Å². The molecule has 0 N–H and O–H groups in total. The quantitative estimate of drug-likeness (QED) is 0.612. The molecule has 1 atom stereocenters. The van der Waals surface area contributed by atoms with Gasteiger partial charge in [0.05, 0.1) is 34.8 Å². The fourth-order valence-corrected chi connectivity index (χ4v) is 2.49. The maximum Gasteiger partial charge on any atom is 0.280 e. The SMILES string of the molecule is CC1=NN(c2cccc(C#N)c2)C(=O)C1N=Nc1ccc(C=CC#N)cc1. The lowest BCUT2D eigenvalue weighted by Gasteiger charge is -2.12. The van der Waals surface area contributed by atoms with E-state index < -0.39 is 6.04 Å². The Balaban J connectivity index is 1.76. The molecule has 0 saturated heterocycles. The summed E-state index contributed by atoms with van der Waals surface area (Å²) in [6.45, 7) is 1.71. The van der Waals surface area contributed by atoms with Crippen molar-refractivity contribution in [2.24, 2.45) is 15.3 Å². The van der Waals surface area contributed by atoms with E-state index in [2.05, 4.69) is 15.3 Å². The van der Waals surface area contributed by atoms with E-state index in [1.807, 2.05) is 12.1 Å². The zero-order chi connectivity index (χ0) is 19.2. The van der Waals surface area contributed by atoms with Crippen LogP contribution in [-0.2, 0) is 4.79 Å². The van der Waals surface area contributed by atoms with E-state index in [0.29, 0.717) is 22.6 Å². The van der Waals surface area contributed by atoms with Gasteiger partial charge in [0.25, 0.3) is 5.91 Å². The predicted octanol–water partition coefficient (Wildman–Crippen LogP) is 3.97. The zero-order valence-corrected chi connectivity index (χ0v) is 14.4. The summed E-state index contributed by atoms with van der Waals surface area (Å²) in [7, 11) is 0. The van der Waals surface area contributed by atoms with Gasteiger partial charge in [0.1, 0.15) is 0 Å². The third-order valence-corrected chi connectivity index (χ3v) is 3.85. The second-order valence-corrected chi connectivity index (χ2v) is 5.73. The standard InChI is InChI=1S/C20H14N6O/c1-14-19(24-23-17-9-7-15(8-10-17)5-3-11-21)20(27)26(25-14)18-6-2-4-16(12-18)13-22/h2-10,12,19H,1H3. The molecule has 1 aliphatic heterocycles. The second-order valence-electron chi connectivity index (χ2n) is 5.73. The van der Waals surface area contributed by atoms with Gasteiger partial charge in [0.2, 0.25) is 0 Å². The van der Waals surface area contributed by atoms with E-state index in [9.17, 15) is 4.79 Å². The molecule has 1 unspecified atom stereocenters. The lowest BCUT2D eigenvalue weighted by molar-refractivity contribution is -0.117. The number of hydrogen-bond donors (Lipinski definition) is 0. The highest BCUT2D eigenvalue weighted by molar-refractivity contribution is 6.18. The van der Waals surface area contributed by atoms with Crippen molar-refractivity contribution in [3.8, 4) is 12.1 Å². The Morgan fingerprint density at radius 2 is 1.96 bits per heavy atom. The molecule has 2 aromatic carbocycles. The monoisotopic (exact) mass is 354 g/mol. The highest BCUT2D eigenvalue weighted by atomic mass is 16.2. The van der Waals surface area contributed by atoms with E-state index in [-0.39, 0.29) is 5.91 Å². The summed E-state index contributed by atoms with van der Waals surface area (Å²) in [5, 5.41) is 31.3. The van der Waals surface area contributed by atoms with Gasteiger partial charge >= 0.3 is 0 Å². The van der Waals surface area contributed by atoms with Crippen LogP contribution in [0.2, 0.25) is 0 Å². The minimum Gasteiger partial charge on any atom is -0.269 e. The molecule has 1 amide bonds. The van der Waals surface area contributed by atoms with Crippen LogP contribution in [0.1, 0.15) is 18.1 Å². The van der Waals surface area contributed by atoms with Crippen molar-refractivity contribution >= 4 is 29.1 Å². The summed E-state index contributed by atoms with van der Waals surface area (Å²) < 4.78 is 0. The van der Waals surface area contributed by atoms with E-state index in [1.165, 1.54) is 11.1 Å². The largest absolute Gasteiger partial charge is 0.280 e. The van der Waals surface area contributed by atoms with Crippen LogP contribution in [0.4, 0.5) is 11.4 Å². The van der Waals surface area contributed by atoms with Gasteiger partial charge in [-0.15, -0.1) is 0 Å². The van der Waals surface area contributed by atoms with Crippen LogP contribution in [-0.4, -0.2) is 17.7 Å². The van der Waals surface area contributed by atoms with Crippen LogP contribution in [0, 0.1) is 22.7 Å². The van der Waals surface area contributed by atoms with Gasteiger partial charge in [-0.3, -0.25) is 4.79 Å². The predicted molar refractivity (Wildman–Crippen MR) is 101 cm³/mol. The van der Waals surface area contributed by atoms with Crippen molar-refractivity contribution in [1.29, 1.82) is 10.5 Å². The first-order chi connectivity index (χ1) is 13.1. The smallest absolute Gasteiger partial charge is 0.269 e. The molecule has 7 nitrogen and oxygen atoms in total. The van der Waals surface area contributed by atoms with Crippen molar-refractivity contribution in [1.82, 2.24) is 0 Å². The maximum atomic E-state index is 12.6. The van der Waals surface area contributed by atoms with Crippen molar-refractivity contribution in [3.05, 3.63) is 65.7 Å². The first-order valence-corrected chi connectivity index (χ1v) is 8.08. The average Bonchev–Trinajstić information content (AvgIpc) is 2.99. The van der Waals surface area contributed by atoms with Crippen LogP contribution in [0.15, 0.2) is 69.9 Å². The molecule has 2 aromatic rings. The highest BCUT2D eigenvalue weighted by Crippen LogP contribution is 2.24. The van der Waals surface area contributed by atoms with E-state index in [0.717, 1.165) is 5.56 Å². The number of amides is 1. The number of nitriles is 2. The van der Waals surface area contributed by atoms with Crippen LogP contribution in [0.5, 0.6) is 0 Å². The van der Waals surface area contributed by atoms with Gasteiger partial charge in [-0.25, -0.2) is 0 Å². The Hall–Kier alpha value is -4.10. The van der Waals surface area contributed by atoms with Gasteiger partial charge in [-0.05, 0) is 48.9 Å². The minimum absolute atomic E-state index is 0.320. The lowest BCUT2D eigenvalue weighted by atomic mass is 10.2. The Morgan fingerprint density at radius 3 is 2.67 bits per heavy atom. The number of rotatable bonds is 4. The molecule has 27 heavy (non-hydrogen) atoms. The molecule has 0 saturated carbocycles. The summed E-state index contributed by atoms with van der Waals surface area (Å²) >= 11 is 0. The summed E-state index contributed by atoms with van der Waals surface area (Å²) in [5.41, 5.74) is 2.96. The molecule has 130 valence electrons. The van der Waals surface area contributed by atoms with E-state index in [4.69, 9.17) is 10.5 Å². The number of benzene rings is 2. The van der Waals surface area contributed by atoms with Crippen molar-refractivity contribution in [2.45, 2.75) is 13.0 Å². The highest BCUT2D eigenvalue weighted by Gasteiger charge is 2.34. The fraction of sp³-hybridized carbons (Fsp3) is 0.100. The topological polar surface area (TPSA) is 105 Å². The first-order valence-electron chi connectivity index (χ1n) is 8.08. The van der Waals surface area contributed by atoms with Crippen LogP contribution in [0.3, 0.4) is 0 Å². The number of nitrogens with zero attached hydrogens (tertiary/aromatic N) is 6. The first kappa shape index (κ1) is 17.7. The Kier molecular flexibility index (Phi) is 5.15. The molecule has 0 bridgehead atoms. The van der Waals surface area contributed by atoms with Crippen molar-refractivity contribution < 1.29 is 4.79 Å². The molecule has 1 heterocycles. The molecule has 1 aliphatic rings. The van der Waals surface area contributed by atoms with Crippen molar-refractivity contribution in [2.75, 3.05) is 5.01 Å². The molecule has 0 fully saturated rings. The molecule has 0 spiro atoms. The average molecular weight is 354 g/mol. The second kappa shape index (κ2) is 7.85.